The highest BCUT2D eigenvalue weighted by Crippen LogP contribution is 2.34. The molecule has 4 aromatic rings. The average Bonchev–Trinajstić information content (AvgIpc) is 2.97. The van der Waals surface area contributed by atoms with Gasteiger partial charge in [-0.1, -0.05) is 56.3 Å². The number of piperidine rings is 1. The first-order chi connectivity index (χ1) is 19.7. The number of benzene rings is 2. The van der Waals surface area contributed by atoms with Crippen LogP contribution in [0.1, 0.15) is 71.4 Å². The number of nitrogens with zero attached hydrogens (tertiary/aromatic N) is 3. The van der Waals surface area contributed by atoms with Crippen LogP contribution in [0.15, 0.2) is 79.1 Å². The van der Waals surface area contributed by atoms with Crippen LogP contribution < -0.4 is 5.32 Å². The maximum Gasteiger partial charge on any atom is 0.433 e. The van der Waals surface area contributed by atoms with Gasteiger partial charge in [-0.2, -0.15) is 13.2 Å². The lowest BCUT2D eigenvalue weighted by Crippen LogP contribution is -2.42. The first kappa shape index (κ1) is 28.7. The smallest absolute Gasteiger partial charge is 0.350 e. The number of amides is 1. The summed E-state index contributed by atoms with van der Waals surface area (Å²) in [6.45, 7) is 6.21. The zero-order chi connectivity index (χ0) is 29.0. The molecule has 2 aromatic carbocycles. The van der Waals surface area contributed by atoms with Gasteiger partial charge in [-0.25, -0.2) is 0 Å². The summed E-state index contributed by atoms with van der Waals surface area (Å²) in [7, 11) is 0. The van der Waals surface area contributed by atoms with E-state index in [0.717, 1.165) is 49.3 Å². The fourth-order valence-electron chi connectivity index (χ4n) is 5.80. The number of pyridine rings is 2. The van der Waals surface area contributed by atoms with Crippen LogP contribution >= 0.6 is 0 Å². The second-order valence-electron chi connectivity index (χ2n) is 11.2. The predicted octanol–water partition coefficient (Wildman–Crippen LogP) is 7.20. The number of halogens is 3. The highest BCUT2D eigenvalue weighted by molar-refractivity contribution is 6.06. The summed E-state index contributed by atoms with van der Waals surface area (Å²) in [4.78, 5) is 23.6. The van der Waals surface area contributed by atoms with Crippen LogP contribution in [-0.4, -0.2) is 40.4 Å². The van der Waals surface area contributed by atoms with E-state index in [0.29, 0.717) is 23.0 Å². The minimum absolute atomic E-state index is 0.245. The van der Waals surface area contributed by atoms with Gasteiger partial charge in [0.15, 0.2) is 0 Å². The molecule has 214 valence electrons. The van der Waals surface area contributed by atoms with Crippen LogP contribution in [-0.2, 0) is 12.6 Å². The van der Waals surface area contributed by atoms with Gasteiger partial charge in [-0.05, 0) is 85.1 Å². The minimum atomic E-state index is -4.51. The number of nitrogens with one attached hydrogen (secondary N) is 1. The standard InChI is InChI=1S/C33H35F3N4O/c1-22(2)18-23-6-3-7-25(19-23)24-13-16-40(17-14-24)30(26-11-12-31(38-20-26)33(34,35)36)21-39-32(41)28-8-4-10-29-27(28)9-5-15-37-29/h3-12,15,19-20,22,24,30H,13-14,16-18,21H2,1-2H3,(H,39,41). The van der Waals surface area contributed by atoms with E-state index in [9.17, 15) is 18.0 Å². The topological polar surface area (TPSA) is 58.1 Å². The lowest BCUT2D eigenvalue weighted by atomic mass is 9.87. The molecular weight excluding hydrogens is 525 g/mol. The maximum absolute atomic E-state index is 13.3. The number of likely N-dealkylation sites (tertiary alicyclic amines) is 1. The van der Waals surface area contributed by atoms with Gasteiger partial charge in [0.2, 0.25) is 0 Å². The summed E-state index contributed by atoms with van der Waals surface area (Å²) in [5.74, 6) is 0.762. The molecule has 41 heavy (non-hydrogen) atoms. The monoisotopic (exact) mass is 560 g/mol. The number of carbonyl (C=O) groups is 1. The molecule has 5 rings (SSSR count). The minimum Gasteiger partial charge on any atom is -0.350 e. The van der Waals surface area contributed by atoms with Crippen LogP contribution in [0, 0.1) is 5.92 Å². The van der Waals surface area contributed by atoms with Gasteiger partial charge in [0.05, 0.1) is 11.6 Å². The molecule has 1 aliphatic rings. The SMILES string of the molecule is CC(C)Cc1cccc(C2CCN(C(CNC(=O)c3cccc4ncccc34)c3ccc(C(F)(F)F)nc3)CC2)c1. The number of rotatable bonds is 8. The highest BCUT2D eigenvalue weighted by Gasteiger charge is 2.33. The van der Waals surface area contributed by atoms with Crippen molar-refractivity contribution >= 4 is 16.8 Å². The third-order valence-electron chi connectivity index (χ3n) is 7.84. The molecule has 5 nitrogen and oxygen atoms in total. The van der Waals surface area contributed by atoms with Gasteiger partial charge in [0.25, 0.3) is 5.91 Å². The molecule has 1 N–H and O–H groups in total. The first-order valence-electron chi connectivity index (χ1n) is 14.2. The summed E-state index contributed by atoms with van der Waals surface area (Å²) in [5.41, 5.74) is 3.65. The van der Waals surface area contributed by atoms with Gasteiger partial charge in [0, 0.05) is 29.9 Å². The molecule has 1 amide bonds. The van der Waals surface area contributed by atoms with Crippen LogP contribution in [0.2, 0.25) is 0 Å². The molecule has 1 saturated heterocycles. The Bertz CT molecular complexity index is 1470. The van der Waals surface area contributed by atoms with Crippen molar-refractivity contribution in [2.75, 3.05) is 19.6 Å². The van der Waals surface area contributed by atoms with Crippen LogP contribution in [0.25, 0.3) is 10.9 Å². The van der Waals surface area contributed by atoms with E-state index in [2.05, 4.69) is 58.3 Å². The van der Waals surface area contributed by atoms with Crippen molar-refractivity contribution in [2.24, 2.45) is 5.92 Å². The summed E-state index contributed by atoms with van der Waals surface area (Å²) in [5, 5.41) is 3.79. The van der Waals surface area contributed by atoms with E-state index >= 15 is 0 Å². The van der Waals surface area contributed by atoms with E-state index in [-0.39, 0.29) is 18.5 Å². The molecule has 0 spiro atoms. The summed E-state index contributed by atoms with van der Waals surface area (Å²) < 4.78 is 39.6. The number of aromatic nitrogens is 2. The predicted molar refractivity (Wildman–Crippen MR) is 155 cm³/mol. The molecule has 2 aromatic heterocycles. The van der Waals surface area contributed by atoms with E-state index < -0.39 is 11.9 Å². The Morgan fingerprint density at radius 3 is 2.49 bits per heavy atom. The van der Waals surface area contributed by atoms with Crippen LogP contribution in [0.4, 0.5) is 13.2 Å². The zero-order valence-corrected chi connectivity index (χ0v) is 23.4. The number of carbonyl (C=O) groups excluding carboxylic acids is 1. The number of alkyl halides is 3. The lowest BCUT2D eigenvalue weighted by Gasteiger charge is -2.38. The van der Waals surface area contributed by atoms with Crippen molar-refractivity contribution < 1.29 is 18.0 Å². The molecule has 1 unspecified atom stereocenters. The van der Waals surface area contributed by atoms with E-state index in [1.165, 1.54) is 23.4 Å². The molecule has 3 heterocycles. The van der Waals surface area contributed by atoms with Crippen molar-refractivity contribution in [3.63, 3.8) is 0 Å². The fourth-order valence-corrected chi connectivity index (χ4v) is 5.80. The Labute approximate surface area is 238 Å². The molecule has 0 bridgehead atoms. The van der Waals surface area contributed by atoms with Gasteiger partial charge in [0.1, 0.15) is 5.69 Å². The van der Waals surface area contributed by atoms with E-state index in [4.69, 9.17) is 0 Å². The van der Waals surface area contributed by atoms with Crippen molar-refractivity contribution in [3.05, 3.63) is 107 Å². The number of hydrogen-bond donors (Lipinski definition) is 1. The Balaban J connectivity index is 1.33. The first-order valence-corrected chi connectivity index (χ1v) is 14.2. The summed E-state index contributed by atoms with van der Waals surface area (Å²) >= 11 is 0. The Kier molecular flexibility index (Phi) is 8.68. The molecular formula is C33H35F3N4O. The van der Waals surface area contributed by atoms with Crippen molar-refractivity contribution in [1.82, 2.24) is 20.2 Å². The molecule has 1 atom stereocenters. The fraction of sp³-hybridized carbons (Fsp3) is 0.364. The normalized spacial score (nSPS) is 15.8. The maximum atomic E-state index is 13.3. The third kappa shape index (κ3) is 6.93. The van der Waals surface area contributed by atoms with Gasteiger partial charge < -0.3 is 5.32 Å². The van der Waals surface area contributed by atoms with Crippen molar-refractivity contribution in [2.45, 2.75) is 51.2 Å². The lowest BCUT2D eigenvalue weighted by molar-refractivity contribution is -0.141. The quantitative estimate of drug-likeness (QED) is 0.248. The molecule has 0 radical (unpaired) electrons. The largest absolute Gasteiger partial charge is 0.433 e. The Morgan fingerprint density at radius 1 is 1.00 bits per heavy atom. The van der Waals surface area contributed by atoms with Gasteiger partial charge >= 0.3 is 6.18 Å². The molecule has 1 fully saturated rings. The summed E-state index contributed by atoms with van der Waals surface area (Å²) in [6.07, 6.45) is 1.37. The molecule has 0 aliphatic carbocycles. The highest BCUT2D eigenvalue weighted by atomic mass is 19.4. The van der Waals surface area contributed by atoms with Crippen molar-refractivity contribution in [1.29, 1.82) is 0 Å². The van der Waals surface area contributed by atoms with E-state index in [1.54, 1.807) is 24.4 Å². The Hall–Kier alpha value is -3.78. The molecule has 8 heteroatoms. The second-order valence-corrected chi connectivity index (χ2v) is 11.2. The summed E-state index contributed by atoms with van der Waals surface area (Å²) in [6, 6.07) is 20.1. The van der Waals surface area contributed by atoms with Crippen LogP contribution in [0.5, 0.6) is 0 Å². The van der Waals surface area contributed by atoms with Gasteiger partial charge in [-0.3, -0.25) is 19.7 Å². The third-order valence-corrected chi connectivity index (χ3v) is 7.84. The van der Waals surface area contributed by atoms with Gasteiger partial charge in [-0.15, -0.1) is 0 Å². The van der Waals surface area contributed by atoms with Crippen LogP contribution in [0.3, 0.4) is 0 Å². The number of fused-ring (bicyclic) bond motifs is 1. The Morgan fingerprint density at radius 2 is 1.78 bits per heavy atom. The average molecular weight is 561 g/mol. The molecule has 0 saturated carbocycles. The van der Waals surface area contributed by atoms with Crippen molar-refractivity contribution in [3.8, 4) is 0 Å². The second kappa shape index (κ2) is 12.4. The molecule has 1 aliphatic heterocycles. The number of hydrogen-bond acceptors (Lipinski definition) is 4. The zero-order valence-electron chi connectivity index (χ0n) is 23.4. The van der Waals surface area contributed by atoms with E-state index in [1.807, 2.05) is 12.1 Å².